The van der Waals surface area contributed by atoms with Crippen molar-refractivity contribution >= 4 is 45.2 Å². The Labute approximate surface area is 124 Å². The van der Waals surface area contributed by atoms with Crippen molar-refractivity contribution in [1.82, 2.24) is 10.3 Å². The van der Waals surface area contributed by atoms with Crippen molar-refractivity contribution in [2.45, 2.75) is 19.3 Å². The summed E-state index contributed by atoms with van der Waals surface area (Å²) >= 11 is 2.97. The van der Waals surface area contributed by atoms with Crippen LogP contribution in [0.15, 0.2) is 10.4 Å². The van der Waals surface area contributed by atoms with Crippen molar-refractivity contribution in [3.8, 4) is 0 Å². The molecule has 0 unspecified atom stereocenters. The largest absolute Gasteiger partial charge is 0.305 e. The summed E-state index contributed by atoms with van der Waals surface area (Å²) in [6.45, 7) is 1.49. The number of nitrogens with one attached hydrogen (secondary N) is 1. The lowest BCUT2D eigenvalue weighted by molar-refractivity contribution is -0.119. The monoisotopic (exact) mass is 310 g/mol. The summed E-state index contributed by atoms with van der Waals surface area (Å²) in [6, 6.07) is 0. The molecule has 3 rings (SSSR count). The summed E-state index contributed by atoms with van der Waals surface area (Å²) in [5, 5.41) is 6.00. The molecule has 0 atom stereocenters. The number of thiazole rings is 1. The van der Waals surface area contributed by atoms with Gasteiger partial charge in [0.05, 0.1) is 18.7 Å². The van der Waals surface area contributed by atoms with E-state index in [9.17, 15) is 9.59 Å². The third-order valence-electron chi connectivity index (χ3n) is 3.02. The van der Waals surface area contributed by atoms with Crippen LogP contribution in [-0.2, 0) is 16.0 Å². The molecule has 20 heavy (non-hydrogen) atoms. The number of amides is 2. The van der Waals surface area contributed by atoms with E-state index < -0.39 is 0 Å². The molecule has 2 amide bonds. The number of thioether (sulfide) groups is 1. The number of rotatable bonds is 3. The molecule has 0 radical (unpaired) electrons. The van der Waals surface area contributed by atoms with Crippen molar-refractivity contribution < 1.29 is 9.59 Å². The Hall–Kier alpha value is -1.41. The van der Waals surface area contributed by atoms with Gasteiger partial charge in [-0.05, 0) is 6.42 Å². The van der Waals surface area contributed by atoms with E-state index in [0.717, 1.165) is 25.3 Å². The van der Waals surface area contributed by atoms with Crippen LogP contribution in [0, 0.1) is 0 Å². The van der Waals surface area contributed by atoms with Crippen molar-refractivity contribution in [3.63, 3.8) is 0 Å². The quantitative estimate of drug-likeness (QED) is 0.905. The average molecular weight is 310 g/mol. The molecule has 0 saturated carbocycles. The van der Waals surface area contributed by atoms with Gasteiger partial charge in [-0.2, -0.15) is 0 Å². The zero-order chi connectivity index (χ0) is 13.9. The van der Waals surface area contributed by atoms with E-state index >= 15 is 0 Å². The summed E-state index contributed by atoms with van der Waals surface area (Å²) in [6.07, 6.45) is 1.69. The first-order valence-corrected chi connectivity index (χ1v) is 8.31. The number of carbonyl (C=O) groups excluding carboxylic acids is 2. The summed E-state index contributed by atoms with van der Waals surface area (Å²) in [4.78, 5) is 33.7. The van der Waals surface area contributed by atoms with Gasteiger partial charge in [-0.25, -0.2) is 4.98 Å². The maximum Gasteiger partial charge on any atom is 0.231 e. The Morgan fingerprint density at radius 2 is 2.40 bits per heavy atom. The molecule has 3 heterocycles. The lowest BCUT2D eigenvalue weighted by atomic mass is 10.3. The number of amidine groups is 1. The molecule has 1 saturated heterocycles. The van der Waals surface area contributed by atoms with Gasteiger partial charge in [-0.15, -0.1) is 11.3 Å². The Bertz CT molecular complexity index is 570. The van der Waals surface area contributed by atoms with Gasteiger partial charge in [0, 0.05) is 24.1 Å². The molecule has 0 aromatic carbocycles. The minimum Gasteiger partial charge on any atom is -0.305 e. The third kappa shape index (κ3) is 3.01. The molecular formula is C12H14N4O2S2. The van der Waals surface area contributed by atoms with Crippen LogP contribution in [-0.4, -0.2) is 40.8 Å². The maximum atomic E-state index is 11.8. The molecule has 0 aliphatic carbocycles. The summed E-state index contributed by atoms with van der Waals surface area (Å²) in [5.41, 5.74) is 0.700. The molecule has 106 valence electrons. The van der Waals surface area contributed by atoms with Gasteiger partial charge in [0.2, 0.25) is 11.8 Å². The second kappa shape index (κ2) is 5.92. The van der Waals surface area contributed by atoms with E-state index in [1.807, 2.05) is 5.38 Å². The predicted molar refractivity (Wildman–Crippen MR) is 80.3 cm³/mol. The SMILES string of the molecule is O=C(Cc1csc(N2CCCC2=O)n1)NC1=NCCS1. The van der Waals surface area contributed by atoms with Crippen molar-refractivity contribution in [2.75, 3.05) is 23.7 Å². The van der Waals surface area contributed by atoms with E-state index in [1.165, 1.54) is 11.3 Å². The minimum absolute atomic E-state index is 0.109. The summed E-state index contributed by atoms with van der Waals surface area (Å²) in [7, 11) is 0. The fourth-order valence-corrected chi connectivity index (χ4v) is 3.70. The van der Waals surface area contributed by atoms with Gasteiger partial charge >= 0.3 is 0 Å². The van der Waals surface area contributed by atoms with Crippen LogP contribution >= 0.6 is 23.1 Å². The van der Waals surface area contributed by atoms with Crippen LogP contribution in [0.5, 0.6) is 0 Å². The zero-order valence-electron chi connectivity index (χ0n) is 10.8. The molecule has 0 spiro atoms. The van der Waals surface area contributed by atoms with Crippen molar-refractivity contribution in [1.29, 1.82) is 0 Å². The second-order valence-corrected chi connectivity index (χ2v) is 6.45. The van der Waals surface area contributed by atoms with E-state index in [1.54, 1.807) is 16.7 Å². The van der Waals surface area contributed by atoms with Crippen molar-refractivity contribution in [3.05, 3.63) is 11.1 Å². The van der Waals surface area contributed by atoms with Gasteiger partial charge in [-0.3, -0.25) is 19.5 Å². The van der Waals surface area contributed by atoms with Crippen LogP contribution in [0.25, 0.3) is 0 Å². The highest BCUT2D eigenvalue weighted by molar-refractivity contribution is 8.14. The highest BCUT2D eigenvalue weighted by Gasteiger charge is 2.24. The zero-order valence-corrected chi connectivity index (χ0v) is 12.4. The Morgan fingerprint density at radius 1 is 1.50 bits per heavy atom. The Morgan fingerprint density at radius 3 is 3.10 bits per heavy atom. The third-order valence-corrected chi connectivity index (χ3v) is 4.82. The Balaban J connectivity index is 1.59. The molecule has 1 fully saturated rings. The van der Waals surface area contributed by atoms with Gasteiger partial charge < -0.3 is 5.32 Å². The molecule has 1 aromatic rings. The molecule has 1 aromatic heterocycles. The van der Waals surface area contributed by atoms with E-state index in [2.05, 4.69) is 15.3 Å². The van der Waals surface area contributed by atoms with Crippen LogP contribution in [0.3, 0.4) is 0 Å². The number of carbonyl (C=O) groups is 2. The standard InChI is InChI=1S/C12H14N4O2S2/c17-9(15-11-13-3-5-19-11)6-8-7-20-12(14-8)16-4-1-2-10(16)18/h7H,1-6H2,(H,13,15,17). The number of aliphatic imine (C=N–C) groups is 1. The van der Waals surface area contributed by atoms with E-state index in [0.29, 0.717) is 22.4 Å². The lowest BCUT2D eigenvalue weighted by Gasteiger charge is -2.10. The fourth-order valence-electron chi connectivity index (χ4n) is 2.09. The molecule has 0 bridgehead atoms. The van der Waals surface area contributed by atoms with E-state index in [4.69, 9.17) is 0 Å². The van der Waals surface area contributed by atoms with Crippen molar-refractivity contribution in [2.24, 2.45) is 4.99 Å². The molecule has 2 aliphatic heterocycles. The number of nitrogens with zero attached hydrogens (tertiary/aromatic N) is 3. The van der Waals surface area contributed by atoms with Gasteiger partial charge in [0.25, 0.3) is 0 Å². The summed E-state index contributed by atoms with van der Waals surface area (Å²) in [5.74, 6) is 0.933. The molecule has 2 aliphatic rings. The van der Waals surface area contributed by atoms with Gasteiger partial charge in [-0.1, -0.05) is 11.8 Å². The number of aromatic nitrogens is 1. The number of hydrogen-bond acceptors (Lipinski definition) is 6. The molecule has 1 N–H and O–H groups in total. The van der Waals surface area contributed by atoms with E-state index in [-0.39, 0.29) is 18.2 Å². The van der Waals surface area contributed by atoms with Gasteiger partial charge in [0.15, 0.2) is 10.3 Å². The predicted octanol–water partition coefficient (Wildman–Crippen LogP) is 1.03. The fraction of sp³-hybridized carbons (Fsp3) is 0.500. The second-order valence-electron chi connectivity index (χ2n) is 4.53. The minimum atomic E-state index is -0.109. The average Bonchev–Trinajstić information content (AvgIpc) is 3.11. The van der Waals surface area contributed by atoms with Crippen LogP contribution in [0.4, 0.5) is 5.13 Å². The Kier molecular flexibility index (Phi) is 4.02. The molecule has 6 nitrogen and oxygen atoms in total. The first-order valence-electron chi connectivity index (χ1n) is 6.44. The smallest absolute Gasteiger partial charge is 0.231 e. The topological polar surface area (TPSA) is 74.7 Å². The highest BCUT2D eigenvalue weighted by Crippen LogP contribution is 2.25. The maximum absolute atomic E-state index is 11.8. The lowest BCUT2D eigenvalue weighted by Crippen LogP contribution is -2.29. The first kappa shape index (κ1) is 13.6. The van der Waals surface area contributed by atoms with Crippen LogP contribution in [0.2, 0.25) is 0 Å². The van der Waals surface area contributed by atoms with Gasteiger partial charge in [0.1, 0.15) is 0 Å². The normalized spacial score (nSPS) is 18.5. The molecule has 8 heteroatoms. The number of hydrogen-bond donors (Lipinski definition) is 1. The van der Waals surface area contributed by atoms with Crippen LogP contribution < -0.4 is 10.2 Å². The highest BCUT2D eigenvalue weighted by atomic mass is 32.2. The first-order chi connectivity index (χ1) is 9.72. The van der Waals surface area contributed by atoms with Crippen LogP contribution in [0.1, 0.15) is 18.5 Å². The number of anilines is 1. The molecular weight excluding hydrogens is 296 g/mol. The summed E-state index contributed by atoms with van der Waals surface area (Å²) < 4.78 is 0.